The van der Waals surface area contributed by atoms with Crippen LogP contribution in [0.25, 0.3) is 0 Å². The van der Waals surface area contributed by atoms with Gasteiger partial charge in [-0.15, -0.1) is 6.58 Å². The van der Waals surface area contributed by atoms with Crippen molar-refractivity contribution < 1.29 is 148 Å². The fraction of sp³-hybridized carbons (Fsp3) is 0.636. The summed E-state index contributed by atoms with van der Waals surface area (Å²) in [6, 6.07) is -0.258. The first-order valence-electron chi connectivity index (χ1n) is 5.13. The number of aliphatic hydroxyl groups excluding tert-OH is 3. The molecule has 95 valence electrons. The van der Waals surface area contributed by atoms with Crippen molar-refractivity contribution in [3.8, 4) is 0 Å². The molecule has 3 N–H and O–H groups in total. The number of aliphatic hydroxyl groups is 3. The first-order chi connectivity index (χ1) is 7.11. The Morgan fingerprint density at radius 1 is 1.17 bits per heavy atom. The van der Waals surface area contributed by atoms with Crippen LogP contribution in [0.2, 0.25) is 0 Å². The summed E-state index contributed by atoms with van der Waals surface area (Å²) in [5.41, 5.74) is 0. The maximum absolute atomic E-state index is 9.80. The van der Waals surface area contributed by atoms with E-state index in [2.05, 4.69) is 6.58 Å². The molecule has 0 aromatic heterocycles. The van der Waals surface area contributed by atoms with Crippen molar-refractivity contribution >= 4 is 0 Å². The minimum atomic E-state index is -1.08. The van der Waals surface area contributed by atoms with Crippen LogP contribution in [-0.2, 0) is 0 Å². The van der Waals surface area contributed by atoms with Crippen LogP contribution in [0.1, 0.15) is 6.92 Å². The van der Waals surface area contributed by atoms with Gasteiger partial charge >= 0.3 is 0 Å². The van der Waals surface area contributed by atoms with E-state index >= 15 is 0 Å². The van der Waals surface area contributed by atoms with E-state index in [1.165, 1.54) is 0 Å². The summed E-state index contributed by atoms with van der Waals surface area (Å²) in [6.45, 7) is 6.41. The number of rotatable bonds is 3. The van der Waals surface area contributed by atoms with Crippen molar-refractivity contribution in [2.75, 3.05) is 13.1 Å². The molecule has 4 atom stereocenters. The van der Waals surface area contributed by atoms with Gasteiger partial charge in [0.15, 0.2) is 0 Å². The summed E-state index contributed by atoms with van der Waals surface area (Å²) < 4.78 is 0. The molecule has 18 heavy (non-hydrogen) atoms. The first kappa shape index (κ1) is 26.5. The van der Waals surface area contributed by atoms with Gasteiger partial charge in [-0.3, -0.25) is 4.90 Å². The average Bonchev–Trinajstić information content (AvgIpc) is 2.21. The topological polar surface area (TPSA) is 63.9 Å². The standard InChI is InChI=1S/C11H19NO3.3Ac/c1-3-5-8-10(14)11(15)9(13)7-12(8)6-4-2;;;/h3-5,8-11,13-15H,2,6-7H2,1H3;;;/b5-3+;;;/t8-,9-,10+,11+;;;/m1.../s1. The van der Waals surface area contributed by atoms with Crippen LogP contribution in [0.4, 0.5) is 0 Å². The summed E-state index contributed by atoms with van der Waals surface area (Å²) >= 11 is 0. The van der Waals surface area contributed by atoms with Gasteiger partial charge < -0.3 is 15.3 Å². The number of piperidine rings is 1. The van der Waals surface area contributed by atoms with Crippen molar-refractivity contribution in [3.63, 3.8) is 0 Å². The monoisotopic (exact) mass is 894 g/mol. The molecule has 0 aromatic carbocycles. The van der Waals surface area contributed by atoms with Crippen LogP contribution >= 0.6 is 0 Å². The van der Waals surface area contributed by atoms with Gasteiger partial charge in [-0.1, -0.05) is 18.2 Å². The smallest absolute Gasteiger partial charge is 0.109 e. The largest absolute Gasteiger partial charge is 0.389 e. The second-order valence-electron chi connectivity index (χ2n) is 3.81. The van der Waals surface area contributed by atoms with Crippen LogP contribution in [0.3, 0.4) is 0 Å². The van der Waals surface area contributed by atoms with Gasteiger partial charge in [0.1, 0.15) is 12.2 Å². The van der Waals surface area contributed by atoms with E-state index in [4.69, 9.17) is 0 Å². The van der Waals surface area contributed by atoms with Crippen molar-refractivity contribution in [3.05, 3.63) is 24.8 Å². The molecule has 0 amide bonds. The van der Waals surface area contributed by atoms with Gasteiger partial charge in [-0.25, -0.2) is 0 Å². The van der Waals surface area contributed by atoms with Crippen molar-refractivity contribution in [2.24, 2.45) is 0 Å². The molecule has 0 aliphatic carbocycles. The van der Waals surface area contributed by atoms with Crippen LogP contribution in [0, 0.1) is 132 Å². The molecule has 3 radical (unpaired) electrons. The normalized spacial score (nSPS) is 32.0. The second kappa shape index (κ2) is 14.3. The van der Waals surface area contributed by atoms with Crippen LogP contribution in [0.15, 0.2) is 24.8 Å². The Morgan fingerprint density at radius 3 is 2.17 bits per heavy atom. The van der Waals surface area contributed by atoms with Crippen LogP contribution in [-0.4, -0.2) is 57.7 Å². The molecule has 4 nitrogen and oxygen atoms in total. The Morgan fingerprint density at radius 2 is 1.72 bits per heavy atom. The van der Waals surface area contributed by atoms with E-state index < -0.39 is 18.3 Å². The van der Waals surface area contributed by atoms with Gasteiger partial charge in [-0.05, 0) is 6.92 Å². The van der Waals surface area contributed by atoms with Crippen LogP contribution < -0.4 is 0 Å². The van der Waals surface area contributed by atoms with Gasteiger partial charge in [0, 0.05) is 145 Å². The minimum absolute atomic E-state index is 0. The predicted molar refractivity (Wildman–Crippen MR) is 58.4 cm³/mol. The third-order valence-electron chi connectivity index (χ3n) is 2.69. The zero-order valence-electron chi connectivity index (χ0n) is 10.7. The summed E-state index contributed by atoms with van der Waals surface area (Å²) in [6.07, 6.45) is 2.43. The fourth-order valence-electron chi connectivity index (χ4n) is 1.91. The van der Waals surface area contributed by atoms with Crippen LogP contribution in [0.5, 0.6) is 0 Å². The maximum Gasteiger partial charge on any atom is 0.109 e. The second-order valence-corrected chi connectivity index (χ2v) is 3.81. The third-order valence-corrected chi connectivity index (χ3v) is 2.69. The Bertz CT molecular complexity index is 254. The Kier molecular flexibility index (Phi) is 21.0. The predicted octanol–water partition coefficient (Wildman–Crippen LogP) is -0.485. The summed E-state index contributed by atoms with van der Waals surface area (Å²) in [5, 5.41) is 28.9. The van der Waals surface area contributed by atoms with Crippen molar-refractivity contribution in [1.82, 2.24) is 4.90 Å². The molecule has 7 heteroatoms. The van der Waals surface area contributed by atoms with Crippen molar-refractivity contribution in [1.29, 1.82) is 0 Å². The Balaban J connectivity index is -0.000000750. The van der Waals surface area contributed by atoms with Crippen molar-refractivity contribution in [2.45, 2.75) is 31.3 Å². The van der Waals surface area contributed by atoms with E-state index in [1.807, 2.05) is 24.0 Å². The van der Waals surface area contributed by atoms with Gasteiger partial charge in [0.2, 0.25) is 0 Å². The van der Waals surface area contributed by atoms with Gasteiger partial charge in [0.05, 0.1) is 12.1 Å². The number of nitrogens with zero attached hydrogens (tertiary/aromatic N) is 1. The summed E-state index contributed by atoms with van der Waals surface area (Å²) in [5.74, 6) is 0. The summed E-state index contributed by atoms with van der Waals surface area (Å²) in [4.78, 5) is 1.88. The van der Waals surface area contributed by atoms with Gasteiger partial charge in [-0.2, -0.15) is 0 Å². The molecule has 1 aliphatic heterocycles. The average molecular weight is 894 g/mol. The zero-order chi connectivity index (χ0) is 11.4. The molecule has 1 aliphatic rings. The number of hydrogen-bond acceptors (Lipinski definition) is 4. The molecule has 0 spiro atoms. The summed E-state index contributed by atoms with van der Waals surface area (Å²) in [7, 11) is 0. The molecule has 0 unspecified atom stereocenters. The van der Waals surface area contributed by atoms with Gasteiger partial charge in [0.25, 0.3) is 0 Å². The molecule has 1 fully saturated rings. The quantitative estimate of drug-likeness (QED) is 0.336. The molecule has 0 bridgehead atoms. The molecule has 1 rings (SSSR count). The third kappa shape index (κ3) is 7.77. The molecule has 0 aromatic rings. The SMILES string of the molecule is C=CCN1C[C@@H](O)[C@H](O)[C@@H](O)[C@H]1/C=C/C.[Ac].[Ac].[Ac]. The maximum atomic E-state index is 9.80. The Hall–Kier alpha value is 3.64. The van der Waals surface area contributed by atoms with E-state index in [0.29, 0.717) is 13.1 Å². The molecular weight excluding hydrogens is 875 g/mol. The van der Waals surface area contributed by atoms with E-state index in [0.717, 1.165) is 0 Å². The minimum Gasteiger partial charge on any atom is -0.389 e. The van der Waals surface area contributed by atoms with E-state index in [9.17, 15) is 15.3 Å². The molecule has 1 saturated heterocycles. The number of β-amino-alcohol motifs (C(OH)–C–C–N with tert-alkyl or cyclic N) is 1. The zero-order valence-corrected chi connectivity index (χ0v) is 24.9. The fourth-order valence-corrected chi connectivity index (χ4v) is 1.91. The molecule has 0 saturated carbocycles. The number of hydrogen-bond donors (Lipinski definition) is 3. The molecule has 1 heterocycles. The molecular formula is C11H19Ac3NO3. The van der Waals surface area contributed by atoms with E-state index in [1.54, 1.807) is 6.08 Å². The number of likely N-dealkylation sites (tertiary alicyclic amines) is 1. The number of allylic oxidation sites excluding steroid dienone is 1. The Labute approximate surface area is 216 Å². The first-order valence-corrected chi connectivity index (χ1v) is 5.13. The van der Waals surface area contributed by atoms with E-state index in [-0.39, 0.29) is 138 Å².